The van der Waals surface area contributed by atoms with Gasteiger partial charge in [0.05, 0.1) is 0 Å². The maximum Gasteiger partial charge on any atom is 0.251 e. The molecule has 3 heteroatoms. The highest BCUT2D eigenvalue weighted by Gasteiger charge is 2.41. The van der Waals surface area contributed by atoms with E-state index in [1.54, 1.807) is 0 Å². The van der Waals surface area contributed by atoms with Gasteiger partial charge >= 0.3 is 0 Å². The van der Waals surface area contributed by atoms with Crippen molar-refractivity contribution >= 4 is 11.6 Å². The molecule has 3 fully saturated rings. The predicted molar refractivity (Wildman–Crippen MR) is 79.8 cm³/mol. The first kappa shape index (κ1) is 12.2. The summed E-state index contributed by atoms with van der Waals surface area (Å²) >= 11 is 0. The second-order valence-corrected chi connectivity index (χ2v) is 6.67. The standard InChI is InChI=1S/C17H22N2O/c20-17(19-15-9-10-15)13-5-7-14(8-6-13)18-16(11-1-2-11)12-3-4-12/h5-8,11-12,15-16,18H,1-4,9-10H2,(H,19,20). The average molecular weight is 270 g/mol. The van der Waals surface area contributed by atoms with Crippen molar-refractivity contribution in [3.63, 3.8) is 0 Å². The second kappa shape index (κ2) is 4.80. The van der Waals surface area contributed by atoms with Gasteiger partial charge in [0.2, 0.25) is 0 Å². The Morgan fingerprint density at radius 2 is 1.55 bits per heavy atom. The van der Waals surface area contributed by atoms with E-state index >= 15 is 0 Å². The SMILES string of the molecule is O=C(NC1CC1)c1ccc(NC(C2CC2)C2CC2)cc1. The summed E-state index contributed by atoms with van der Waals surface area (Å²) in [6, 6.07) is 9.09. The van der Waals surface area contributed by atoms with Crippen molar-refractivity contribution < 1.29 is 4.79 Å². The van der Waals surface area contributed by atoms with E-state index in [1.807, 2.05) is 12.1 Å². The van der Waals surface area contributed by atoms with Crippen LogP contribution in [0.15, 0.2) is 24.3 Å². The van der Waals surface area contributed by atoms with Gasteiger partial charge in [0.1, 0.15) is 0 Å². The molecule has 2 N–H and O–H groups in total. The number of benzene rings is 1. The van der Waals surface area contributed by atoms with E-state index in [0.29, 0.717) is 12.1 Å². The van der Waals surface area contributed by atoms with Gasteiger partial charge in [0.15, 0.2) is 0 Å². The van der Waals surface area contributed by atoms with Gasteiger partial charge in [0.25, 0.3) is 5.91 Å². The molecule has 0 atom stereocenters. The Morgan fingerprint density at radius 1 is 0.950 bits per heavy atom. The van der Waals surface area contributed by atoms with E-state index in [4.69, 9.17) is 0 Å². The highest BCUT2D eigenvalue weighted by Crippen LogP contribution is 2.45. The van der Waals surface area contributed by atoms with E-state index in [0.717, 1.165) is 35.9 Å². The lowest BCUT2D eigenvalue weighted by molar-refractivity contribution is 0.0951. The Kier molecular flexibility index (Phi) is 2.94. The van der Waals surface area contributed by atoms with Gasteiger partial charge in [-0.25, -0.2) is 0 Å². The van der Waals surface area contributed by atoms with Crippen LogP contribution in [-0.4, -0.2) is 18.0 Å². The van der Waals surface area contributed by atoms with Crippen LogP contribution in [-0.2, 0) is 0 Å². The summed E-state index contributed by atoms with van der Waals surface area (Å²) in [6.07, 6.45) is 7.81. The molecule has 3 saturated carbocycles. The van der Waals surface area contributed by atoms with E-state index < -0.39 is 0 Å². The first-order chi connectivity index (χ1) is 9.79. The number of amides is 1. The molecule has 20 heavy (non-hydrogen) atoms. The van der Waals surface area contributed by atoms with E-state index in [2.05, 4.69) is 22.8 Å². The van der Waals surface area contributed by atoms with Crippen molar-refractivity contribution in [1.82, 2.24) is 5.32 Å². The minimum atomic E-state index is 0.0694. The summed E-state index contributed by atoms with van der Waals surface area (Å²) in [5.74, 6) is 1.85. The predicted octanol–water partition coefficient (Wildman–Crippen LogP) is 3.18. The summed E-state index contributed by atoms with van der Waals surface area (Å²) in [7, 11) is 0. The van der Waals surface area contributed by atoms with Crippen LogP contribution in [0.4, 0.5) is 5.69 Å². The van der Waals surface area contributed by atoms with Crippen LogP contribution in [0.1, 0.15) is 48.9 Å². The molecule has 0 aromatic heterocycles. The zero-order valence-electron chi connectivity index (χ0n) is 11.8. The molecule has 1 aromatic carbocycles. The third kappa shape index (κ3) is 2.82. The summed E-state index contributed by atoms with van der Waals surface area (Å²) in [4.78, 5) is 11.9. The zero-order chi connectivity index (χ0) is 13.5. The summed E-state index contributed by atoms with van der Waals surface area (Å²) < 4.78 is 0. The van der Waals surface area contributed by atoms with E-state index in [-0.39, 0.29) is 5.91 Å². The van der Waals surface area contributed by atoms with Crippen molar-refractivity contribution in [1.29, 1.82) is 0 Å². The van der Waals surface area contributed by atoms with Crippen LogP contribution >= 0.6 is 0 Å². The fourth-order valence-electron chi connectivity index (χ4n) is 2.94. The Balaban J connectivity index is 1.39. The average Bonchev–Trinajstić information content (AvgIpc) is 3.27. The molecule has 0 aliphatic heterocycles. The van der Waals surface area contributed by atoms with Crippen LogP contribution in [0.25, 0.3) is 0 Å². The third-order valence-corrected chi connectivity index (χ3v) is 4.65. The van der Waals surface area contributed by atoms with Crippen molar-refractivity contribution in [3.05, 3.63) is 29.8 Å². The smallest absolute Gasteiger partial charge is 0.251 e. The fourth-order valence-corrected chi connectivity index (χ4v) is 2.94. The lowest BCUT2D eigenvalue weighted by Crippen LogP contribution is -2.26. The summed E-state index contributed by atoms with van der Waals surface area (Å²) in [5.41, 5.74) is 1.94. The van der Waals surface area contributed by atoms with Gasteiger partial charge in [-0.2, -0.15) is 0 Å². The van der Waals surface area contributed by atoms with Crippen molar-refractivity contribution in [2.24, 2.45) is 11.8 Å². The van der Waals surface area contributed by atoms with Crippen LogP contribution in [0, 0.1) is 11.8 Å². The highest BCUT2D eigenvalue weighted by atomic mass is 16.1. The number of carbonyl (C=O) groups is 1. The number of hydrogen-bond acceptors (Lipinski definition) is 2. The molecular formula is C17H22N2O. The molecule has 106 valence electrons. The Morgan fingerprint density at radius 3 is 2.05 bits per heavy atom. The maximum atomic E-state index is 11.9. The molecule has 0 heterocycles. The normalized spacial score (nSPS) is 21.9. The lowest BCUT2D eigenvalue weighted by Gasteiger charge is -2.19. The molecule has 0 saturated heterocycles. The molecular weight excluding hydrogens is 248 g/mol. The van der Waals surface area contributed by atoms with E-state index in [9.17, 15) is 4.79 Å². The second-order valence-electron chi connectivity index (χ2n) is 6.67. The Hall–Kier alpha value is -1.51. The first-order valence-corrected chi connectivity index (χ1v) is 7.97. The maximum absolute atomic E-state index is 11.9. The molecule has 3 aliphatic rings. The third-order valence-electron chi connectivity index (χ3n) is 4.65. The monoisotopic (exact) mass is 270 g/mol. The number of hydrogen-bond donors (Lipinski definition) is 2. The van der Waals surface area contributed by atoms with E-state index in [1.165, 1.54) is 25.7 Å². The van der Waals surface area contributed by atoms with Gasteiger partial charge in [0, 0.05) is 23.3 Å². The molecule has 3 aliphatic carbocycles. The highest BCUT2D eigenvalue weighted by molar-refractivity contribution is 5.94. The molecule has 0 bridgehead atoms. The quantitative estimate of drug-likeness (QED) is 0.833. The van der Waals surface area contributed by atoms with Crippen molar-refractivity contribution in [2.45, 2.75) is 50.6 Å². The number of anilines is 1. The molecule has 1 amide bonds. The summed E-state index contributed by atoms with van der Waals surface area (Å²) in [5, 5.41) is 6.72. The molecule has 4 rings (SSSR count). The van der Waals surface area contributed by atoms with Gasteiger partial charge < -0.3 is 10.6 Å². The van der Waals surface area contributed by atoms with Crippen LogP contribution < -0.4 is 10.6 Å². The minimum Gasteiger partial charge on any atom is -0.382 e. The number of carbonyl (C=O) groups excluding carboxylic acids is 1. The van der Waals surface area contributed by atoms with Crippen LogP contribution in [0.3, 0.4) is 0 Å². The molecule has 0 unspecified atom stereocenters. The van der Waals surface area contributed by atoms with Crippen LogP contribution in [0.5, 0.6) is 0 Å². The lowest BCUT2D eigenvalue weighted by atomic mass is 10.1. The van der Waals surface area contributed by atoms with Gasteiger partial charge in [-0.05, 0) is 74.6 Å². The topological polar surface area (TPSA) is 41.1 Å². The van der Waals surface area contributed by atoms with Gasteiger partial charge in [-0.15, -0.1) is 0 Å². The van der Waals surface area contributed by atoms with Crippen molar-refractivity contribution in [2.75, 3.05) is 5.32 Å². The number of nitrogens with one attached hydrogen (secondary N) is 2. The zero-order valence-corrected chi connectivity index (χ0v) is 11.8. The van der Waals surface area contributed by atoms with Crippen LogP contribution in [0.2, 0.25) is 0 Å². The van der Waals surface area contributed by atoms with Gasteiger partial charge in [-0.3, -0.25) is 4.79 Å². The van der Waals surface area contributed by atoms with Crippen molar-refractivity contribution in [3.8, 4) is 0 Å². The molecule has 0 spiro atoms. The molecule has 1 aromatic rings. The largest absolute Gasteiger partial charge is 0.382 e. The Labute approximate surface area is 120 Å². The summed E-state index contributed by atoms with van der Waals surface area (Å²) in [6.45, 7) is 0. The minimum absolute atomic E-state index is 0.0694. The molecule has 3 nitrogen and oxygen atoms in total. The Bertz CT molecular complexity index is 486. The first-order valence-electron chi connectivity index (χ1n) is 7.97. The molecule has 0 radical (unpaired) electrons. The fraction of sp³-hybridized carbons (Fsp3) is 0.588. The number of rotatable bonds is 6. The van der Waals surface area contributed by atoms with Gasteiger partial charge in [-0.1, -0.05) is 0 Å².